The lowest BCUT2D eigenvalue weighted by molar-refractivity contribution is -0.159. The van der Waals surface area contributed by atoms with Gasteiger partial charge in [-0.25, -0.2) is 9.59 Å². The maximum atomic E-state index is 12.7. The molecule has 2 aliphatic rings. The SMILES string of the molecule is COC(=O)C1(CCCBr)C2CCC(C2)N1C(=O)OC(C)(C)C. The Morgan fingerprint density at radius 1 is 1.32 bits per heavy atom. The van der Waals surface area contributed by atoms with Gasteiger partial charge in [0, 0.05) is 11.4 Å². The van der Waals surface area contributed by atoms with Gasteiger partial charge in [0.2, 0.25) is 0 Å². The molecule has 5 nitrogen and oxygen atoms in total. The van der Waals surface area contributed by atoms with Crippen LogP contribution in [0.3, 0.4) is 0 Å². The molecular weight excluding hydrogens is 350 g/mol. The highest BCUT2D eigenvalue weighted by molar-refractivity contribution is 9.09. The van der Waals surface area contributed by atoms with Crippen LogP contribution in [0.2, 0.25) is 0 Å². The van der Waals surface area contributed by atoms with Gasteiger partial charge < -0.3 is 9.47 Å². The summed E-state index contributed by atoms with van der Waals surface area (Å²) in [6.07, 6.45) is 3.83. The van der Waals surface area contributed by atoms with E-state index in [1.54, 1.807) is 4.90 Å². The van der Waals surface area contributed by atoms with Gasteiger partial charge in [-0.15, -0.1) is 0 Å². The van der Waals surface area contributed by atoms with Crippen LogP contribution in [0.5, 0.6) is 0 Å². The fourth-order valence-corrected chi connectivity index (χ4v) is 4.26. The molecule has 0 spiro atoms. The van der Waals surface area contributed by atoms with Gasteiger partial charge in [-0.1, -0.05) is 15.9 Å². The number of piperidine rings is 1. The molecule has 0 aromatic carbocycles. The first-order valence-electron chi connectivity index (χ1n) is 7.93. The zero-order valence-electron chi connectivity index (χ0n) is 13.9. The van der Waals surface area contributed by atoms with E-state index in [-0.39, 0.29) is 24.0 Å². The average molecular weight is 376 g/mol. The molecule has 1 aliphatic carbocycles. The number of alkyl halides is 1. The van der Waals surface area contributed by atoms with E-state index in [1.807, 2.05) is 20.8 Å². The van der Waals surface area contributed by atoms with Crippen LogP contribution >= 0.6 is 15.9 Å². The Balaban J connectivity index is 2.34. The van der Waals surface area contributed by atoms with Gasteiger partial charge in [0.05, 0.1) is 7.11 Å². The molecule has 1 amide bonds. The molecule has 0 aromatic heterocycles. The molecular formula is C16H26BrNO4. The smallest absolute Gasteiger partial charge is 0.411 e. The first-order chi connectivity index (χ1) is 10.3. The van der Waals surface area contributed by atoms with Gasteiger partial charge in [0.1, 0.15) is 11.1 Å². The molecule has 2 bridgehead atoms. The highest BCUT2D eigenvalue weighted by Crippen LogP contribution is 2.52. The lowest BCUT2D eigenvalue weighted by Gasteiger charge is -2.44. The standard InChI is InChI=1S/C16H26BrNO4/c1-15(2,3)22-14(20)18-12-7-6-11(10-12)16(18,8-5-9-17)13(19)21-4/h11-12H,5-10H2,1-4H3. The number of rotatable bonds is 4. The number of hydrogen-bond acceptors (Lipinski definition) is 4. The minimum Gasteiger partial charge on any atom is -0.467 e. The van der Waals surface area contributed by atoms with Crippen molar-refractivity contribution in [3.63, 3.8) is 0 Å². The monoisotopic (exact) mass is 375 g/mol. The number of hydrogen-bond donors (Lipinski definition) is 0. The molecule has 0 N–H and O–H groups in total. The Kier molecular flexibility index (Phi) is 5.09. The second-order valence-corrected chi connectivity index (χ2v) is 8.02. The highest BCUT2D eigenvalue weighted by atomic mass is 79.9. The van der Waals surface area contributed by atoms with Crippen LogP contribution in [0, 0.1) is 5.92 Å². The van der Waals surface area contributed by atoms with E-state index < -0.39 is 11.1 Å². The molecule has 2 rings (SSSR count). The Labute approximate surface area is 140 Å². The number of halogens is 1. The van der Waals surface area contributed by atoms with Crippen molar-refractivity contribution in [3.05, 3.63) is 0 Å². The van der Waals surface area contributed by atoms with E-state index in [2.05, 4.69) is 15.9 Å². The molecule has 1 aliphatic heterocycles. The van der Waals surface area contributed by atoms with Crippen molar-refractivity contribution >= 4 is 28.0 Å². The molecule has 6 heteroatoms. The number of amides is 1. The first-order valence-corrected chi connectivity index (χ1v) is 9.05. The van der Waals surface area contributed by atoms with Crippen LogP contribution in [0.1, 0.15) is 52.9 Å². The Bertz CT molecular complexity index is 448. The number of fused-ring (bicyclic) bond motifs is 2. The molecule has 1 heterocycles. The minimum absolute atomic E-state index is 0.0919. The highest BCUT2D eigenvalue weighted by Gasteiger charge is 2.63. The number of nitrogens with zero attached hydrogens (tertiary/aromatic N) is 1. The van der Waals surface area contributed by atoms with Crippen LogP contribution in [0.4, 0.5) is 4.79 Å². The third-order valence-corrected chi connectivity index (χ3v) is 5.26. The van der Waals surface area contributed by atoms with Crippen LogP contribution in [-0.4, -0.2) is 46.6 Å². The minimum atomic E-state index is -0.853. The first kappa shape index (κ1) is 17.6. The van der Waals surface area contributed by atoms with Crippen molar-refractivity contribution in [2.75, 3.05) is 12.4 Å². The normalized spacial score (nSPS) is 30.5. The number of carbonyl (C=O) groups is 2. The van der Waals surface area contributed by atoms with Gasteiger partial charge in [0.15, 0.2) is 0 Å². The van der Waals surface area contributed by atoms with Gasteiger partial charge >= 0.3 is 12.1 Å². The zero-order chi connectivity index (χ0) is 16.5. The van der Waals surface area contributed by atoms with E-state index in [9.17, 15) is 9.59 Å². The summed E-state index contributed by atoms with van der Waals surface area (Å²) in [4.78, 5) is 27.1. The Morgan fingerprint density at radius 3 is 2.55 bits per heavy atom. The van der Waals surface area contributed by atoms with Gasteiger partial charge in [-0.05, 0) is 58.8 Å². The Morgan fingerprint density at radius 2 is 2.00 bits per heavy atom. The Hall–Kier alpha value is -0.780. The molecule has 22 heavy (non-hydrogen) atoms. The van der Waals surface area contributed by atoms with Crippen molar-refractivity contribution in [3.8, 4) is 0 Å². The molecule has 126 valence electrons. The topological polar surface area (TPSA) is 55.8 Å². The summed E-state index contributed by atoms with van der Waals surface area (Å²) >= 11 is 3.42. The summed E-state index contributed by atoms with van der Waals surface area (Å²) in [5.74, 6) is -0.122. The number of methoxy groups -OCH3 is 1. The van der Waals surface area contributed by atoms with E-state index in [4.69, 9.17) is 9.47 Å². The number of carbonyl (C=O) groups excluding carboxylic acids is 2. The van der Waals surface area contributed by atoms with Gasteiger partial charge in [-0.2, -0.15) is 0 Å². The third kappa shape index (κ3) is 2.99. The molecule has 0 aromatic rings. The predicted molar refractivity (Wildman–Crippen MR) is 87.0 cm³/mol. The predicted octanol–water partition coefficient (Wildman–Crippen LogP) is 3.49. The van der Waals surface area contributed by atoms with E-state index in [0.29, 0.717) is 6.42 Å². The maximum Gasteiger partial charge on any atom is 0.411 e. The number of esters is 1. The maximum absolute atomic E-state index is 12.7. The summed E-state index contributed by atoms with van der Waals surface area (Å²) < 4.78 is 10.7. The second kappa shape index (κ2) is 6.38. The van der Waals surface area contributed by atoms with Crippen molar-refractivity contribution in [2.24, 2.45) is 5.92 Å². The summed E-state index contributed by atoms with van der Waals surface area (Å²) in [6.45, 7) is 5.53. The lowest BCUT2D eigenvalue weighted by atomic mass is 9.79. The summed E-state index contributed by atoms with van der Waals surface area (Å²) in [7, 11) is 1.40. The molecule has 1 saturated carbocycles. The molecule has 3 atom stereocenters. The molecule has 3 unspecified atom stereocenters. The van der Waals surface area contributed by atoms with Gasteiger partial charge in [-0.3, -0.25) is 4.90 Å². The van der Waals surface area contributed by atoms with Crippen molar-refractivity contribution < 1.29 is 19.1 Å². The van der Waals surface area contributed by atoms with Crippen LogP contribution in [0.15, 0.2) is 0 Å². The molecule has 0 radical (unpaired) electrons. The fourth-order valence-electron chi connectivity index (χ4n) is 3.98. The zero-order valence-corrected chi connectivity index (χ0v) is 15.4. The average Bonchev–Trinajstić information content (AvgIpc) is 3.01. The summed E-state index contributed by atoms with van der Waals surface area (Å²) in [5.41, 5.74) is -1.43. The number of ether oxygens (including phenoxy) is 2. The largest absolute Gasteiger partial charge is 0.467 e. The van der Waals surface area contributed by atoms with E-state index in [1.165, 1.54) is 7.11 Å². The molecule has 1 saturated heterocycles. The second-order valence-electron chi connectivity index (χ2n) is 7.22. The third-order valence-electron chi connectivity index (χ3n) is 4.70. The van der Waals surface area contributed by atoms with Crippen molar-refractivity contribution in [1.82, 2.24) is 4.90 Å². The van der Waals surface area contributed by atoms with Crippen LogP contribution in [0.25, 0.3) is 0 Å². The van der Waals surface area contributed by atoms with Gasteiger partial charge in [0.25, 0.3) is 0 Å². The van der Waals surface area contributed by atoms with Crippen molar-refractivity contribution in [1.29, 1.82) is 0 Å². The lowest BCUT2D eigenvalue weighted by Crippen LogP contribution is -2.61. The quantitative estimate of drug-likeness (QED) is 0.557. The van der Waals surface area contributed by atoms with E-state index >= 15 is 0 Å². The summed E-state index contributed by atoms with van der Waals surface area (Å²) in [6, 6.07) is 0.0919. The number of likely N-dealkylation sites (tertiary alicyclic amines) is 1. The van der Waals surface area contributed by atoms with E-state index in [0.717, 1.165) is 31.0 Å². The summed E-state index contributed by atoms with van der Waals surface area (Å²) in [5, 5.41) is 0.797. The fraction of sp³-hybridized carbons (Fsp3) is 0.875. The van der Waals surface area contributed by atoms with Crippen LogP contribution in [-0.2, 0) is 14.3 Å². The van der Waals surface area contributed by atoms with Crippen LogP contribution < -0.4 is 0 Å². The van der Waals surface area contributed by atoms with Crippen molar-refractivity contribution in [2.45, 2.75) is 70.1 Å². The molecule has 2 fully saturated rings.